The van der Waals surface area contributed by atoms with Crippen LogP contribution < -0.4 is 14.8 Å². The predicted molar refractivity (Wildman–Crippen MR) is 107 cm³/mol. The summed E-state index contributed by atoms with van der Waals surface area (Å²) in [4.78, 5) is 4.22. The van der Waals surface area contributed by atoms with Gasteiger partial charge in [-0.15, -0.1) is 0 Å². The number of hydrogen-bond donors (Lipinski definition) is 1. The van der Waals surface area contributed by atoms with Crippen LogP contribution in [0.3, 0.4) is 0 Å². The average Bonchev–Trinajstić information content (AvgIpc) is 3.10. The molecule has 0 aliphatic carbocycles. The summed E-state index contributed by atoms with van der Waals surface area (Å²) < 4.78 is 16.7. The molecule has 0 aliphatic rings. The summed E-state index contributed by atoms with van der Waals surface area (Å²) in [5.41, 5.74) is 3.48. The maximum Gasteiger partial charge on any atom is 0.236 e. The molecule has 0 fully saturated rings. The molecule has 0 radical (unpaired) electrons. The summed E-state index contributed by atoms with van der Waals surface area (Å²) in [6.45, 7) is 4.77. The van der Waals surface area contributed by atoms with E-state index in [1.165, 1.54) is 0 Å². The maximum absolute atomic E-state index is 9.31. The van der Waals surface area contributed by atoms with E-state index in [0.717, 1.165) is 34.6 Å². The Kier molecular flexibility index (Phi) is 6.18. The van der Waals surface area contributed by atoms with Crippen molar-refractivity contribution in [2.24, 2.45) is 0 Å². The van der Waals surface area contributed by atoms with E-state index in [1.807, 2.05) is 56.3 Å². The first-order chi connectivity index (χ1) is 13.6. The Balaban J connectivity index is 1.59. The molecule has 2 aromatic carbocycles. The molecule has 1 N–H and O–H groups in total. The number of ether oxygens (including phenoxy) is 2. The van der Waals surface area contributed by atoms with E-state index in [2.05, 4.69) is 16.4 Å². The average molecular weight is 377 g/mol. The topological polar surface area (TPSA) is 80.3 Å². The van der Waals surface area contributed by atoms with Gasteiger partial charge in [0.15, 0.2) is 6.61 Å². The van der Waals surface area contributed by atoms with E-state index in [1.54, 1.807) is 7.11 Å². The zero-order valence-electron chi connectivity index (χ0n) is 16.3. The van der Waals surface area contributed by atoms with E-state index < -0.39 is 0 Å². The van der Waals surface area contributed by atoms with Gasteiger partial charge in [-0.05, 0) is 49.1 Å². The fourth-order valence-electron chi connectivity index (χ4n) is 2.90. The van der Waals surface area contributed by atoms with Gasteiger partial charge in [0, 0.05) is 6.54 Å². The Morgan fingerprint density at radius 3 is 2.46 bits per heavy atom. The van der Waals surface area contributed by atoms with Crippen molar-refractivity contribution in [1.82, 2.24) is 4.98 Å². The van der Waals surface area contributed by atoms with Crippen molar-refractivity contribution in [2.45, 2.75) is 26.9 Å². The Morgan fingerprint density at radius 2 is 1.82 bits per heavy atom. The van der Waals surface area contributed by atoms with Crippen LogP contribution in [0, 0.1) is 25.2 Å². The summed E-state index contributed by atoms with van der Waals surface area (Å²) in [7, 11) is 1.64. The molecule has 1 heterocycles. The Labute approximate surface area is 164 Å². The molecule has 0 unspecified atom stereocenters. The predicted octanol–water partition coefficient (Wildman–Crippen LogP) is 4.41. The third-order valence-corrected chi connectivity index (χ3v) is 4.38. The number of nitrogens with zero attached hydrogens (tertiary/aromatic N) is 2. The monoisotopic (exact) mass is 377 g/mol. The van der Waals surface area contributed by atoms with Crippen molar-refractivity contribution >= 4 is 5.88 Å². The molecule has 3 rings (SSSR count). The lowest BCUT2D eigenvalue weighted by molar-refractivity contribution is 0.261. The number of methoxy groups -OCH3 is 1. The summed E-state index contributed by atoms with van der Waals surface area (Å²) in [5.74, 6) is 2.38. The molecule has 1 aromatic heterocycles. The van der Waals surface area contributed by atoms with Crippen molar-refractivity contribution in [3.8, 4) is 17.6 Å². The van der Waals surface area contributed by atoms with E-state index >= 15 is 0 Å². The van der Waals surface area contributed by atoms with Crippen molar-refractivity contribution in [3.63, 3.8) is 0 Å². The fourth-order valence-corrected chi connectivity index (χ4v) is 2.90. The molecular weight excluding hydrogens is 354 g/mol. The molecule has 0 amide bonds. The molecule has 0 bridgehead atoms. The maximum atomic E-state index is 9.31. The van der Waals surface area contributed by atoms with Gasteiger partial charge in [0.05, 0.1) is 7.11 Å². The van der Waals surface area contributed by atoms with Gasteiger partial charge in [0.25, 0.3) is 0 Å². The van der Waals surface area contributed by atoms with E-state index in [9.17, 15) is 5.26 Å². The number of oxazole rings is 1. The third-order valence-electron chi connectivity index (χ3n) is 4.38. The highest BCUT2D eigenvalue weighted by molar-refractivity contribution is 5.45. The first-order valence-corrected chi connectivity index (χ1v) is 9.06. The number of aromatic nitrogens is 1. The number of aryl methyl sites for hydroxylation is 2. The zero-order chi connectivity index (χ0) is 19.9. The van der Waals surface area contributed by atoms with Crippen molar-refractivity contribution in [2.75, 3.05) is 19.0 Å². The zero-order valence-corrected chi connectivity index (χ0v) is 16.3. The summed E-state index contributed by atoms with van der Waals surface area (Å²) in [6, 6.07) is 15.9. The summed E-state index contributed by atoms with van der Waals surface area (Å²) in [6.07, 6.45) is 0.782. The number of anilines is 1. The highest BCUT2D eigenvalue weighted by Crippen LogP contribution is 2.24. The number of hydrogen-bond acceptors (Lipinski definition) is 6. The van der Waals surface area contributed by atoms with Crippen LogP contribution in [0.25, 0.3) is 0 Å². The van der Waals surface area contributed by atoms with Gasteiger partial charge < -0.3 is 19.2 Å². The molecular formula is C22H23N3O3. The minimum atomic E-state index is 0.167. The second-order valence-corrected chi connectivity index (χ2v) is 6.43. The highest BCUT2D eigenvalue weighted by Gasteiger charge is 2.14. The quantitative estimate of drug-likeness (QED) is 0.626. The lowest BCUT2D eigenvalue weighted by Crippen LogP contribution is -2.05. The van der Waals surface area contributed by atoms with E-state index in [4.69, 9.17) is 13.9 Å². The van der Waals surface area contributed by atoms with Gasteiger partial charge in [-0.1, -0.05) is 30.3 Å². The van der Waals surface area contributed by atoms with Crippen LogP contribution in [-0.4, -0.2) is 18.6 Å². The molecule has 0 saturated heterocycles. The van der Waals surface area contributed by atoms with Gasteiger partial charge >= 0.3 is 0 Å². The molecule has 0 atom stereocenters. The van der Waals surface area contributed by atoms with Crippen molar-refractivity contribution in [1.29, 1.82) is 5.26 Å². The molecule has 144 valence electrons. The standard InChI is InChI=1S/C22H23N3O3/c1-15-5-4-6-16(2)21(15)27-14-20-25-19(13-23)22(28-20)24-12-11-17-7-9-18(26-3)10-8-17/h4-10,24H,11-12,14H2,1-3H3. The van der Waals surface area contributed by atoms with Gasteiger partial charge in [-0.3, -0.25) is 0 Å². The molecule has 3 aromatic rings. The van der Waals surface area contributed by atoms with Crippen LogP contribution >= 0.6 is 0 Å². The minimum absolute atomic E-state index is 0.167. The van der Waals surface area contributed by atoms with Crippen LogP contribution in [0.5, 0.6) is 11.5 Å². The van der Waals surface area contributed by atoms with Crippen LogP contribution in [0.4, 0.5) is 5.88 Å². The first-order valence-electron chi connectivity index (χ1n) is 9.06. The van der Waals surface area contributed by atoms with Crippen LogP contribution in [0.15, 0.2) is 46.9 Å². The van der Waals surface area contributed by atoms with Crippen LogP contribution in [0.2, 0.25) is 0 Å². The molecule has 0 aliphatic heterocycles. The normalized spacial score (nSPS) is 10.4. The third kappa shape index (κ3) is 4.63. The second-order valence-electron chi connectivity index (χ2n) is 6.43. The van der Waals surface area contributed by atoms with Crippen molar-refractivity contribution < 1.29 is 13.9 Å². The number of nitriles is 1. The number of nitrogens with one attached hydrogen (secondary N) is 1. The summed E-state index contributed by atoms with van der Waals surface area (Å²) in [5, 5.41) is 12.5. The minimum Gasteiger partial charge on any atom is -0.497 e. The molecule has 6 nitrogen and oxygen atoms in total. The van der Waals surface area contributed by atoms with Gasteiger partial charge in [-0.2, -0.15) is 10.2 Å². The largest absolute Gasteiger partial charge is 0.497 e. The molecule has 28 heavy (non-hydrogen) atoms. The van der Waals surface area contributed by atoms with Gasteiger partial charge in [-0.25, -0.2) is 0 Å². The smallest absolute Gasteiger partial charge is 0.236 e. The fraction of sp³-hybridized carbons (Fsp3) is 0.273. The highest BCUT2D eigenvalue weighted by atomic mass is 16.5. The Bertz CT molecular complexity index is 951. The van der Waals surface area contributed by atoms with Crippen molar-refractivity contribution in [3.05, 3.63) is 70.7 Å². The lowest BCUT2D eigenvalue weighted by Gasteiger charge is -2.10. The number of para-hydroxylation sites is 1. The van der Waals surface area contributed by atoms with E-state index in [0.29, 0.717) is 18.3 Å². The number of benzene rings is 2. The number of rotatable bonds is 8. The van der Waals surface area contributed by atoms with Gasteiger partial charge in [0.1, 0.15) is 17.6 Å². The molecule has 6 heteroatoms. The lowest BCUT2D eigenvalue weighted by atomic mass is 10.1. The Hall–Kier alpha value is -3.46. The first kappa shape index (κ1) is 19.3. The molecule has 0 spiro atoms. The van der Waals surface area contributed by atoms with Crippen LogP contribution in [0.1, 0.15) is 28.3 Å². The van der Waals surface area contributed by atoms with Crippen LogP contribution in [-0.2, 0) is 13.0 Å². The SMILES string of the molecule is COc1ccc(CCNc2oc(COc3c(C)cccc3C)nc2C#N)cc1. The summed E-state index contributed by atoms with van der Waals surface area (Å²) >= 11 is 0. The van der Waals surface area contributed by atoms with E-state index in [-0.39, 0.29) is 12.3 Å². The second kappa shape index (κ2) is 8.96. The molecule has 0 saturated carbocycles. The Morgan fingerprint density at radius 1 is 1.11 bits per heavy atom. The van der Waals surface area contributed by atoms with Gasteiger partial charge in [0.2, 0.25) is 17.5 Å².